The molecular weight excluding hydrogens is 489 g/mol. The molecule has 1 unspecified atom stereocenters. The van der Waals surface area contributed by atoms with Crippen molar-refractivity contribution in [2.24, 2.45) is 7.05 Å². The predicted octanol–water partition coefficient (Wildman–Crippen LogP) is 4.62. The first-order valence-corrected chi connectivity index (χ1v) is 12.0. The van der Waals surface area contributed by atoms with Crippen LogP contribution in [0.25, 0.3) is 0 Å². The Hall–Kier alpha value is -3.76. The highest BCUT2D eigenvalue weighted by Gasteiger charge is 2.33. The minimum Gasteiger partial charge on any atom is -0.496 e. The van der Waals surface area contributed by atoms with E-state index in [1.807, 2.05) is 6.07 Å². The maximum absolute atomic E-state index is 13.3. The van der Waals surface area contributed by atoms with E-state index in [-0.39, 0.29) is 24.2 Å². The van der Waals surface area contributed by atoms with E-state index in [0.29, 0.717) is 24.6 Å². The smallest absolute Gasteiger partial charge is 0.416 e. The predicted molar refractivity (Wildman–Crippen MR) is 130 cm³/mol. The Bertz CT molecular complexity index is 1260. The minimum atomic E-state index is -4.57. The van der Waals surface area contributed by atoms with Crippen molar-refractivity contribution in [1.82, 2.24) is 14.8 Å². The Morgan fingerprint density at radius 1 is 1.22 bits per heavy atom. The molecule has 2 aromatic heterocycles. The molecule has 4 rings (SSSR count). The lowest BCUT2D eigenvalue weighted by Gasteiger charge is -2.19. The molecule has 0 bridgehead atoms. The number of aromatic nitrogens is 3. The molecule has 1 aliphatic heterocycles. The van der Waals surface area contributed by atoms with E-state index in [2.05, 4.69) is 21.5 Å². The number of alkyl halides is 3. The van der Waals surface area contributed by atoms with Gasteiger partial charge in [-0.15, -0.1) is 0 Å². The summed E-state index contributed by atoms with van der Waals surface area (Å²) in [5, 5.41) is 17.2. The highest BCUT2D eigenvalue weighted by molar-refractivity contribution is 5.68. The van der Waals surface area contributed by atoms with Crippen molar-refractivity contribution in [2.75, 3.05) is 25.6 Å². The van der Waals surface area contributed by atoms with Crippen LogP contribution in [0.3, 0.4) is 0 Å². The van der Waals surface area contributed by atoms with Gasteiger partial charge in [-0.1, -0.05) is 6.07 Å². The average Bonchev–Trinajstić information content (AvgIpc) is 3.21. The van der Waals surface area contributed by atoms with Crippen LogP contribution in [0.5, 0.6) is 11.6 Å². The number of anilines is 1. The van der Waals surface area contributed by atoms with Gasteiger partial charge in [0.2, 0.25) is 5.88 Å². The number of methoxy groups -OCH3 is 1. The fourth-order valence-electron chi connectivity index (χ4n) is 4.49. The van der Waals surface area contributed by atoms with E-state index in [1.54, 1.807) is 13.1 Å². The largest absolute Gasteiger partial charge is 0.496 e. The third-order valence-electron chi connectivity index (χ3n) is 6.32. The van der Waals surface area contributed by atoms with Crippen LogP contribution in [0, 0.1) is 0 Å². The summed E-state index contributed by atoms with van der Waals surface area (Å²) in [6, 6.07) is 8.83. The van der Waals surface area contributed by atoms with Gasteiger partial charge in [-0.05, 0) is 54.7 Å². The van der Waals surface area contributed by atoms with Gasteiger partial charge in [0.1, 0.15) is 11.6 Å². The van der Waals surface area contributed by atoms with Gasteiger partial charge in [-0.2, -0.15) is 18.3 Å². The Labute approximate surface area is 212 Å². The number of aryl methyl sites for hydroxylation is 2. The summed E-state index contributed by atoms with van der Waals surface area (Å²) >= 11 is 0. The van der Waals surface area contributed by atoms with E-state index in [4.69, 9.17) is 9.47 Å². The molecule has 0 fully saturated rings. The first kappa shape index (κ1) is 26.3. The molecule has 37 heavy (non-hydrogen) atoms. The van der Waals surface area contributed by atoms with Gasteiger partial charge in [0.15, 0.2) is 0 Å². The normalized spacial score (nSPS) is 14.0. The third kappa shape index (κ3) is 6.52. The highest BCUT2D eigenvalue weighted by atomic mass is 19.4. The van der Waals surface area contributed by atoms with E-state index in [1.165, 1.54) is 23.4 Å². The molecule has 0 amide bonds. The van der Waals surface area contributed by atoms with E-state index >= 15 is 0 Å². The third-order valence-corrected chi connectivity index (χ3v) is 6.32. The summed E-state index contributed by atoms with van der Waals surface area (Å²) in [5.41, 5.74) is 1.91. The molecule has 0 radical (unpaired) electrons. The quantitative estimate of drug-likeness (QED) is 0.404. The number of fused-ring (bicyclic) bond motifs is 1. The number of rotatable bonds is 10. The summed E-state index contributed by atoms with van der Waals surface area (Å²) in [4.78, 5) is 16.2. The summed E-state index contributed by atoms with van der Waals surface area (Å²) < 4.78 is 52.7. The number of carbonyl (C=O) groups is 1. The number of carboxylic acid groups (broad SMARTS) is 1. The number of halogens is 3. The van der Waals surface area contributed by atoms with Crippen molar-refractivity contribution in [2.45, 2.75) is 44.2 Å². The molecule has 11 heteroatoms. The maximum Gasteiger partial charge on any atom is 0.416 e. The zero-order chi connectivity index (χ0) is 26.6. The lowest BCUT2D eigenvalue weighted by molar-refractivity contribution is -0.138. The molecule has 1 atom stereocenters. The standard InChI is InChI=1S/C26H29F3N4O4/c1-33-23(37-11-9-19-7-5-16-4-3-10-30-25(16)31-19)15-20(32-33)12-17(13-24(34)35)21-14-18(26(27,28)29)6-8-22(21)36-2/h5-8,14-15,17H,3-4,9-13H2,1-2H3,(H,30,31)(H,34,35). The minimum absolute atomic E-state index is 0.0964. The number of nitrogens with zero attached hydrogens (tertiary/aromatic N) is 3. The van der Waals surface area contributed by atoms with Crippen LogP contribution in [0.2, 0.25) is 0 Å². The van der Waals surface area contributed by atoms with Crippen molar-refractivity contribution >= 4 is 11.8 Å². The summed E-state index contributed by atoms with van der Waals surface area (Å²) in [6.45, 7) is 1.26. The first-order chi connectivity index (χ1) is 17.6. The zero-order valence-electron chi connectivity index (χ0n) is 20.6. The van der Waals surface area contributed by atoms with E-state index in [0.717, 1.165) is 43.0 Å². The number of ether oxygens (including phenoxy) is 2. The van der Waals surface area contributed by atoms with E-state index in [9.17, 15) is 23.1 Å². The number of nitrogens with one attached hydrogen (secondary N) is 1. The van der Waals surface area contributed by atoms with Crippen LogP contribution in [0.4, 0.5) is 19.0 Å². The van der Waals surface area contributed by atoms with Crippen molar-refractivity contribution in [3.63, 3.8) is 0 Å². The molecule has 0 aliphatic carbocycles. The molecule has 0 saturated carbocycles. The molecular formula is C26H29F3N4O4. The second-order valence-electron chi connectivity index (χ2n) is 8.99. The summed E-state index contributed by atoms with van der Waals surface area (Å²) in [7, 11) is 3.03. The van der Waals surface area contributed by atoms with Crippen LogP contribution >= 0.6 is 0 Å². The number of aliphatic carboxylic acids is 1. The second kappa shape index (κ2) is 11.1. The Kier molecular flexibility index (Phi) is 7.89. The van der Waals surface area contributed by atoms with Gasteiger partial charge < -0.3 is 19.9 Å². The highest BCUT2D eigenvalue weighted by Crippen LogP contribution is 2.38. The molecule has 3 heterocycles. The lowest BCUT2D eigenvalue weighted by Crippen LogP contribution is -2.14. The number of benzene rings is 1. The monoisotopic (exact) mass is 518 g/mol. The van der Waals surface area contributed by atoms with E-state index < -0.39 is 23.6 Å². The van der Waals surface area contributed by atoms with Crippen LogP contribution in [-0.2, 0) is 37.3 Å². The lowest BCUT2D eigenvalue weighted by atomic mass is 9.89. The van der Waals surface area contributed by atoms with Crippen molar-refractivity contribution in [3.05, 3.63) is 64.5 Å². The molecule has 2 N–H and O–H groups in total. The van der Waals surface area contributed by atoms with Crippen LogP contribution in [0.15, 0.2) is 36.4 Å². The number of hydrogen-bond acceptors (Lipinski definition) is 6. The van der Waals surface area contributed by atoms with Crippen molar-refractivity contribution in [3.8, 4) is 11.6 Å². The first-order valence-electron chi connectivity index (χ1n) is 12.0. The van der Waals surface area contributed by atoms with Crippen LogP contribution in [0.1, 0.15) is 46.8 Å². The van der Waals surface area contributed by atoms with Gasteiger partial charge >= 0.3 is 12.1 Å². The number of hydrogen-bond donors (Lipinski definition) is 2. The van der Waals surface area contributed by atoms with Gasteiger partial charge in [0.05, 0.1) is 31.4 Å². The second-order valence-corrected chi connectivity index (χ2v) is 8.99. The number of pyridine rings is 1. The average molecular weight is 519 g/mol. The SMILES string of the molecule is COc1ccc(C(F)(F)F)cc1C(CC(=O)O)Cc1cc(OCCc2ccc3c(n2)NCCC3)n(C)n1. The number of carboxylic acids is 1. The summed E-state index contributed by atoms with van der Waals surface area (Å²) in [5.74, 6) is -0.343. The zero-order valence-corrected chi connectivity index (χ0v) is 20.6. The molecule has 1 aromatic carbocycles. The topological polar surface area (TPSA) is 98.5 Å². The fraction of sp³-hybridized carbons (Fsp3) is 0.423. The molecule has 3 aromatic rings. The van der Waals surface area contributed by atoms with Gasteiger partial charge in [0, 0.05) is 37.7 Å². The molecule has 8 nitrogen and oxygen atoms in total. The molecule has 0 saturated heterocycles. The van der Waals surface area contributed by atoms with Crippen LogP contribution < -0.4 is 14.8 Å². The Morgan fingerprint density at radius 2 is 2.03 bits per heavy atom. The van der Waals surface area contributed by atoms with Gasteiger partial charge in [-0.25, -0.2) is 9.67 Å². The van der Waals surface area contributed by atoms with Gasteiger partial charge in [-0.3, -0.25) is 4.79 Å². The summed E-state index contributed by atoms with van der Waals surface area (Å²) in [6.07, 6.45) is -2.17. The van der Waals surface area contributed by atoms with Gasteiger partial charge in [0.25, 0.3) is 0 Å². The maximum atomic E-state index is 13.3. The van der Waals surface area contributed by atoms with Crippen LogP contribution in [-0.4, -0.2) is 46.1 Å². The molecule has 198 valence electrons. The van der Waals surface area contributed by atoms with Crippen molar-refractivity contribution < 1.29 is 32.5 Å². The molecule has 1 aliphatic rings. The Morgan fingerprint density at radius 3 is 2.76 bits per heavy atom. The van der Waals surface area contributed by atoms with Crippen molar-refractivity contribution in [1.29, 1.82) is 0 Å². The Balaban J connectivity index is 1.47. The fourth-order valence-corrected chi connectivity index (χ4v) is 4.49. The molecule has 0 spiro atoms.